The third-order valence-corrected chi connectivity index (χ3v) is 12.8. The van der Waals surface area contributed by atoms with Gasteiger partial charge in [-0.3, -0.25) is 0 Å². The van der Waals surface area contributed by atoms with E-state index in [1.807, 2.05) is 13.8 Å². The number of rotatable bonds is 8. The molecular formula is C42H46O16. The van der Waals surface area contributed by atoms with Crippen molar-refractivity contribution in [3.05, 3.63) is 106 Å². The largest absolute Gasteiger partial charge is 0.508 e. The van der Waals surface area contributed by atoms with Crippen molar-refractivity contribution < 1.29 is 80.2 Å². The van der Waals surface area contributed by atoms with Crippen molar-refractivity contribution in [1.82, 2.24) is 0 Å². The van der Waals surface area contributed by atoms with Crippen LogP contribution in [0.3, 0.4) is 0 Å². The van der Waals surface area contributed by atoms with E-state index < -0.39 is 97.3 Å². The van der Waals surface area contributed by atoms with Crippen molar-refractivity contribution in [1.29, 1.82) is 0 Å². The van der Waals surface area contributed by atoms with Gasteiger partial charge in [0.2, 0.25) is 12.6 Å². The summed E-state index contributed by atoms with van der Waals surface area (Å²) >= 11 is 0. The zero-order valence-corrected chi connectivity index (χ0v) is 31.3. The van der Waals surface area contributed by atoms with Crippen molar-refractivity contribution in [2.75, 3.05) is 13.2 Å². The lowest BCUT2D eigenvalue weighted by atomic mass is 9.58. The van der Waals surface area contributed by atoms with Gasteiger partial charge < -0.3 is 80.2 Å². The molecular weight excluding hydrogens is 760 g/mol. The predicted molar refractivity (Wildman–Crippen MR) is 200 cm³/mol. The summed E-state index contributed by atoms with van der Waals surface area (Å²) in [5, 5.41) is 128. The molecule has 310 valence electrons. The number of aliphatic hydroxyl groups is 8. The number of aliphatic hydroxyl groups excluding tert-OH is 8. The lowest BCUT2D eigenvalue weighted by Gasteiger charge is -2.43. The molecule has 14 atom stereocenters. The molecule has 4 aromatic carbocycles. The average molecular weight is 807 g/mol. The minimum absolute atomic E-state index is 0.00761. The van der Waals surface area contributed by atoms with E-state index in [9.17, 15) is 61.3 Å². The molecule has 4 aromatic rings. The Bertz CT molecular complexity index is 2010. The molecule has 0 amide bonds. The molecule has 16 heteroatoms. The highest BCUT2D eigenvalue weighted by Crippen LogP contribution is 2.75. The molecule has 4 aliphatic rings. The quantitative estimate of drug-likeness (QED) is 0.115. The fraction of sp³-hybridized carbons (Fsp3) is 0.429. The van der Waals surface area contributed by atoms with Crippen LogP contribution in [0.5, 0.6) is 34.5 Å². The van der Waals surface area contributed by atoms with Crippen molar-refractivity contribution in [3.8, 4) is 34.5 Å². The van der Waals surface area contributed by atoms with E-state index in [0.29, 0.717) is 33.4 Å². The zero-order valence-electron chi connectivity index (χ0n) is 31.3. The van der Waals surface area contributed by atoms with Crippen LogP contribution in [0.2, 0.25) is 0 Å². The summed E-state index contributed by atoms with van der Waals surface area (Å²) in [7, 11) is 0. The third kappa shape index (κ3) is 5.90. The number of benzene rings is 4. The summed E-state index contributed by atoms with van der Waals surface area (Å²) < 4.78 is 23.4. The van der Waals surface area contributed by atoms with E-state index in [-0.39, 0.29) is 34.5 Å². The van der Waals surface area contributed by atoms with E-state index in [2.05, 4.69) is 0 Å². The maximum absolute atomic E-state index is 12.1. The molecule has 2 fully saturated rings. The number of ether oxygens (including phenoxy) is 4. The van der Waals surface area contributed by atoms with Gasteiger partial charge in [0.15, 0.2) is 0 Å². The first kappa shape index (κ1) is 40.1. The highest BCUT2D eigenvalue weighted by atomic mass is 16.7. The van der Waals surface area contributed by atoms with Gasteiger partial charge >= 0.3 is 0 Å². The number of phenols is 4. The molecule has 0 radical (unpaired) electrons. The van der Waals surface area contributed by atoms with Crippen LogP contribution in [0.15, 0.2) is 72.8 Å². The van der Waals surface area contributed by atoms with Crippen molar-refractivity contribution in [2.24, 2.45) is 0 Å². The van der Waals surface area contributed by atoms with Gasteiger partial charge in [-0.05, 0) is 58.7 Å². The van der Waals surface area contributed by atoms with Crippen LogP contribution in [-0.2, 0) is 20.3 Å². The zero-order chi connectivity index (χ0) is 41.6. The second kappa shape index (κ2) is 14.5. The topological polar surface area (TPSA) is 280 Å². The Kier molecular flexibility index (Phi) is 10.0. The van der Waals surface area contributed by atoms with Gasteiger partial charge in [0.25, 0.3) is 0 Å². The SMILES string of the molecule is CC12c3cc(OC4OC(CO)C(O)C(O)C4O)cc(O)c3C(c3ccc(O)cc3)C1(C)c1cc(OC3OC(CO)C(O)C(O)C3O)cc(O)c1C2c1ccc(O)cc1. The highest BCUT2D eigenvalue weighted by Gasteiger charge is 2.68. The Morgan fingerprint density at radius 3 is 1.17 bits per heavy atom. The molecule has 0 spiro atoms. The van der Waals surface area contributed by atoms with Crippen molar-refractivity contribution in [3.63, 3.8) is 0 Å². The second-order valence-electron chi connectivity index (χ2n) is 15.9. The maximum atomic E-state index is 12.1. The third-order valence-electron chi connectivity index (χ3n) is 12.8. The Morgan fingerprint density at radius 1 is 0.500 bits per heavy atom. The summed E-state index contributed by atoms with van der Waals surface area (Å²) in [6.45, 7) is 2.50. The molecule has 14 unspecified atom stereocenters. The lowest BCUT2D eigenvalue weighted by molar-refractivity contribution is -0.277. The van der Waals surface area contributed by atoms with Crippen LogP contribution >= 0.6 is 0 Å². The molecule has 2 heterocycles. The summed E-state index contributed by atoms with van der Waals surface area (Å²) in [5.41, 5.74) is 0.971. The van der Waals surface area contributed by atoms with E-state index in [4.69, 9.17) is 18.9 Å². The van der Waals surface area contributed by atoms with Crippen LogP contribution in [0, 0.1) is 0 Å². The Hall–Kier alpha value is -4.72. The Balaban J connectivity index is 1.33. The summed E-state index contributed by atoms with van der Waals surface area (Å²) in [6.07, 6.45) is -15.9. The smallest absolute Gasteiger partial charge is 0.229 e. The number of phenolic OH excluding ortho intramolecular Hbond substituents is 4. The van der Waals surface area contributed by atoms with Crippen LogP contribution < -0.4 is 9.47 Å². The van der Waals surface area contributed by atoms with E-state index in [1.165, 1.54) is 36.4 Å². The Labute approximate surface area is 331 Å². The molecule has 0 bridgehead atoms. The maximum Gasteiger partial charge on any atom is 0.229 e. The van der Waals surface area contributed by atoms with Gasteiger partial charge in [-0.25, -0.2) is 0 Å². The van der Waals surface area contributed by atoms with Gasteiger partial charge in [-0.2, -0.15) is 0 Å². The van der Waals surface area contributed by atoms with Gasteiger partial charge in [-0.1, -0.05) is 38.1 Å². The van der Waals surface area contributed by atoms with Crippen LogP contribution in [0.25, 0.3) is 0 Å². The van der Waals surface area contributed by atoms with Gasteiger partial charge in [-0.15, -0.1) is 0 Å². The number of fused-ring (bicyclic) bond motifs is 5. The second-order valence-corrected chi connectivity index (χ2v) is 15.9. The fourth-order valence-corrected chi connectivity index (χ4v) is 9.81. The number of aromatic hydroxyl groups is 4. The average Bonchev–Trinajstić information content (AvgIpc) is 3.53. The number of hydrogen-bond donors (Lipinski definition) is 12. The first-order valence-corrected chi connectivity index (χ1v) is 18.8. The Morgan fingerprint density at radius 2 is 0.845 bits per heavy atom. The van der Waals surface area contributed by atoms with E-state index >= 15 is 0 Å². The monoisotopic (exact) mass is 806 g/mol. The highest BCUT2D eigenvalue weighted by molar-refractivity contribution is 5.73. The van der Waals surface area contributed by atoms with Gasteiger partial charge in [0, 0.05) is 45.9 Å². The predicted octanol–water partition coefficient (Wildman–Crippen LogP) is 0.373. The first-order valence-electron chi connectivity index (χ1n) is 18.8. The number of hydrogen-bond acceptors (Lipinski definition) is 16. The molecule has 58 heavy (non-hydrogen) atoms. The molecule has 0 aromatic heterocycles. The van der Waals surface area contributed by atoms with Crippen molar-refractivity contribution >= 4 is 0 Å². The molecule has 2 aliphatic carbocycles. The standard InChI is InChI=1S/C42H46O16/c1-41-23-11-21(55-39-37(53)35(51)33(49)27(15-43)57-39)13-25(47)29(23)32(18-5-9-20(46)10-6-18)42(41,2)24-12-22(56-40-38(54)36(52)34(50)28(16-44)58-40)14-26(48)30(24)31(41)17-3-7-19(45)8-4-17/h3-14,27-28,31-40,43-54H,15-16H2,1-2H3. The minimum atomic E-state index is -1.75. The normalized spacial score (nSPS) is 36.5. The van der Waals surface area contributed by atoms with E-state index in [1.54, 1.807) is 36.4 Å². The summed E-state index contributed by atoms with van der Waals surface area (Å²) in [5.74, 6) is -1.96. The lowest BCUT2D eigenvalue weighted by Crippen LogP contribution is -2.60. The van der Waals surface area contributed by atoms with Crippen LogP contribution in [0.4, 0.5) is 0 Å². The molecule has 8 rings (SSSR count). The van der Waals surface area contributed by atoms with Gasteiger partial charge in [0.1, 0.15) is 83.3 Å². The molecule has 16 nitrogen and oxygen atoms in total. The minimum Gasteiger partial charge on any atom is -0.508 e. The van der Waals surface area contributed by atoms with E-state index in [0.717, 1.165) is 0 Å². The first-order chi connectivity index (χ1) is 27.5. The van der Waals surface area contributed by atoms with Gasteiger partial charge in [0.05, 0.1) is 13.2 Å². The fourth-order valence-electron chi connectivity index (χ4n) is 9.81. The van der Waals surface area contributed by atoms with Crippen molar-refractivity contribution in [2.45, 2.75) is 97.9 Å². The molecule has 2 aliphatic heterocycles. The van der Waals surface area contributed by atoms with Crippen LogP contribution in [0.1, 0.15) is 59.1 Å². The molecule has 0 saturated carbocycles. The molecule has 12 N–H and O–H groups in total. The van der Waals surface area contributed by atoms with Crippen LogP contribution in [-0.4, -0.2) is 136 Å². The molecule has 2 saturated heterocycles. The summed E-state index contributed by atoms with van der Waals surface area (Å²) in [6, 6.07) is 18.8. The summed E-state index contributed by atoms with van der Waals surface area (Å²) in [4.78, 5) is 0.